The highest BCUT2D eigenvalue weighted by molar-refractivity contribution is 8.26. The van der Waals surface area contributed by atoms with Crippen molar-refractivity contribution < 1.29 is 28.9 Å². The number of ether oxygens (including phenoxy) is 3. The summed E-state index contributed by atoms with van der Waals surface area (Å²) in [5.74, 6) is 0.0905. The molecule has 9 heteroatoms. The van der Waals surface area contributed by atoms with E-state index in [0.717, 1.165) is 11.8 Å². The number of hydrogen-bond donors (Lipinski definition) is 1. The monoisotopic (exact) mass is 383 g/mol. The van der Waals surface area contributed by atoms with Gasteiger partial charge in [0.2, 0.25) is 5.75 Å². The smallest absolute Gasteiger partial charge is 0.305 e. The number of benzene rings is 1. The Kier molecular flexibility index (Phi) is 6.27. The van der Waals surface area contributed by atoms with E-state index in [1.165, 1.54) is 26.2 Å². The van der Waals surface area contributed by atoms with Crippen molar-refractivity contribution in [3.05, 3.63) is 22.6 Å². The molecule has 1 aromatic carbocycles. The minimum Gasteiger partial charge on any atom is -0.493 e. The van der Waals surface area contributed by atoms with Gasteiger partial charge in [-0.2, -0.15) is 0 Å². The van der Waals surface area contributed by atoms with Gasteiger partial charge in [0.05, 0.1) is 32.7 Å². The third-order valence-corrected chi connectivity index (χ3v) is 4.79. The van der Waals surface area contributed by atoms with Gasteiger partial charge in [-0.3, -0.25) is 14.5 Å². The lowest BCUT2D eigenvalue weighted by Gasteiger charge is -2.13. The van der Waals surface area contributed by atoms with Crippen LogP contribution in [0.25, 0.3) is 6.08 Å². The number of rotatable bonds is 7. The van der Waals surface area contributed by atoms with E-state index >= 15 is 0 Å². The Bertz CT molecular complexity index is 721. The van der Waals surface area contributed by atoms with Crippen LogP contribution in [-0.4, -0.2) is 54.1 Å². The molecule has 1 saturated heterocycles. The average Bonchev–Trinajstić information content (AvgIpc) is 2.85. The molecule has 1 fully saturated rings. The van der Waals surface area contributed by atoms with Gasteiger partial charge in [-0.15, -0.1) is 0 Å². The van der Waals surface area contributed by atoms with Crippen LogP contribution in [0.3, 0.4) is 0 Å². The number of carboxylic acids is 1. The minimum atomic E-state index is -0.984. The number of hydrogen-bond acceptors (Lipinski definition) is 7. The molecular formula is C16H17NO6S2. The van der Waals surface area contributed by atoms with E-state index < -0.39 is 5.97 Å². The largest absolute Gasteiger partial charge is 0.493 e. The summed E-state index contributed by atoms with van der Waals surface area (Å²) in [7, 11) is 4.52. The van der Waals surface area contributed by atoms with Crippen LogP contribution in [-0.2, 0) is 9.59 Å². The van der Waals surface area contributed by atoms with Crippen LogP contribution in [0.2, 0.25) is 0 Å². The number of nitrogens with zero attached hydrogens (tertiary/aromatic N) is 1. The Labute approximate surface area is 154 Å². The number of aliphatic carboxylic acids is 1. The molecule has 0 saturated carbocycles. The van der Waals surface area contributed by atoms with Gasteiger partial charge in [0.1, 0.15) is 4.32 Å². The van der Waals surface area contributed by atoms with E-state index in [4.69, 9.17) is 31.5 Å². The van der Waals surface area contributed by atoms with Gasteiger partial charge in [0.25, 0.3) is 5.91 Å². The number of carbonyl (C=O) groups excluding carboxylic acids is 1. The van der Waals surface area contributed by atoms with Crippen LogP contribution in [0.5, 0.6) is 17.2 Å². The van der Waals surface area contributed by atoms with Crippen LogP contribution in [0.1, 0.15) is 12.0 Å². The molecule has 134 valence electrons. The molecule has 0 aromatic heterocycles. The zero-order chi connectivity index (χ0) is 18.6. The summed E-state index contributed by atoms with van der Waals surface area (Å²) in [6.45, 7) is 0.0482. The number of thiocarbonyl (C=S) groups is 1. The highest BCUT2D eigenvalue weighted by atomic mass is 32.2. The molecule has 1 heterocycles. The molecule has 1 aliphatic heterocycles. The maximum atomic E-state index is 12.4. The number of carbonyl (C=O) groups is 2. The van der Waals surface area contributed by atoms with Crippen molar-refractivity contribution in [2.24, 2.45) is 0 Å². The Hall–Kier alpha value is -2.26. The van der Waals surface area contributed by atoms with Crippen molar-refractivity contribution in [1.82, 2.24) is 4.90 Å². The van der Waals surface area contributed by atoms with Gasteiger partial charge >= 0.3 is 5.97 Å². The maximum Gasteiger partial charge on any atom is 0.305 e. The lowest BCUT2D eigenvalue weighted by molar-refractivity contribution is -0.137. The summed E-state index contributed by atoms with van der Waals surface area (Å²) in [6, 6.07) is 3.43. The highest BCUT2D eigenvalue weighted by Gasteiger charge is 2.32. The molecule has 1 amide bonds. The molecule has 1 aromatic rings. The van der Waals surface area contributed by atoms with Crippen molar-refractivity contribution in [2.45, 2.75) is 6.42 Å². The minimum absolute atomic E-state index is 0.0482. The quantitative estimate of drug-likeness (QED) is 0.567. The molecule has 2 rings (SSSR count). The summed E-state index contributed by atoms with van der Waals surface area (Å²) in [6.07, 6.45) is 1.49. The standard InChI is InChI=1S/C16H17NO6S2/c1-21-10-6-9(7-11(22-2)14(10)23-3)8-12-15(20)17(16(24)25-12)5-4-13(18)19/h6-8H,4-5H2,1-3H3,(H,18,19)/b12-8+. The maximum absolute atomic E-state index is 12.4. The fourth-order valence-electron chi connectivity index (χ4n) is 2.24. The Morgan fingerprint density at radius 3 is 2.32 bits per heavy atom. The lowest BCUT2D eigenvalue weighted by atomic mass is 10.1. The second-order valence-electron chi connectivity index (χ2n) is 4.94. The normalized spacial score (nSPS) is 15.6. The number of amides is 1. The van der Waals surface area contributed by atoms with E-state index in [1.807, 2.05) is 0 Å². The third kappa shape index (κ3) is 4.23. The van der Waals surface area contributed by atoms with Gasteiger partial charge in [0.15, 0.2) is 11.5 Å². The van der Waals surface area contributed by atoms with Crippen molar-refractivity contribution >= 4 is 46.3 Å². The molecule has 7 nitrogen and oxygen atoms in total. The van der Waals surface area contributed by atoms with Crippen molar-refractivity contribution in [3.63, 3.8) is 0 Å². The van der Waals surface area contributed by atoms with E-state index in [9.17, 15) is 9.59 Å². The first kappa shape index (κ1) is 19.1. The molecule has 0 spiro atoms. The molecule has 0 unspecified atom stereocenters. The average molecular weight is 383 g/mol. The predicted molar refractivity (Wildman–Crippen MR) is 98.2 cm³/mol. The Morgan fingerprint density at radius 1 is 1.24 bits per heavy atom. The summed E-state index contributed by atoms with van der Waals surface area (Å²) < 4.78 is 16.2. The summed E-state index contributed by atoms with van der Waals surface area (Å²) in [4.78, 5) is 24.8. The molecule has 1 aliphatic rings. The fraction of sp³-hybridized carbons (Fsp3) is 0.312. The van der Waals surface area contributed by atoms with Crippen LogP contribution in [0.4, 0.5) is 0 Å². The first-order chi connectivity index (χ1) is 11.9. The van der Waals surface area contributed by atoms with Crippen molar-refractivity contribution in [1.29, 1.82) is 0 Å². The van der Waals surface area contributed by atoms with Crippen molar-refractivity contribution in [3.8, 4) is 17.2 Å². The van der Waals surface area contributed by atoms with Gasteiger partial charge in [0, 0.05) is 6.54 Å². The van der Waals surface area contributed by atoms with Gasteiger partial charge in [-0.05, 0) is 23.8 Å². The van der Waals surface area contributed by atoms with Gasteiger partial charge in [-0.25, -0.2) is 0 Å². The third-order valence-electron chi connectivity index (χ3n) is 3.41. The van der Waals surface area contributed by atoms with Crippen LogP contribution >= 0.6 is 24.0 Å². The first-order valence-electron chi connectivity index (χ1n) is 7.18. The summed E-state index contributed by atoms with van der Waals surface area (Å²) >= 11 is 6.29. The van der Waals surface area contributed by atoms with Crippen LogP contribution < -0.4 is 14.2 Å². The molecule has 0 bridgehead atoms. The molecule has 1 N–H and O–H groups in total. The van der Waals surface area contributed by atoms with E-state index in [1.54, 1.807) is 18.2 Å². The lowest BCUT2D eigenvalue weighted by Crippen LogP contribution is -2.30. The zero-order valence-corrected chi connectivity index (χ0v) is 15.5. The van der Waals surface area contributed by atoms with Gasteiger partial charge in [-0.1, -0.05) is 24.0 Å². The number of carboxylic acid groups (broad SMARTS) is 1. The molecule has 0 radical (unpaired) electrons. The summed E-state index contributed by atoms with van der Waals surface area (Å²) in [5.41, 5.74) is 0.674. The molecular weight excluding hydrogens is 366 g/mol. The summed E-state index contributed by atoms with van der Waals surface area (Å²) in [5, 5.41) is 8.77. The Morgan fingerprint density at radius 2 is 1.84 bits per heavy atom. The van der Waals surface area contributed by atoms with Crippen LogP contribution in [0.15, 0.2) is 17.0 Å². The first-order valence-corrected chi connectivity index (χ1v) is 8.41. The molecule has 0 aliphatic carbocycles. The second kappa shape index (κ2) is 8.21. The highest BCUT2D eigenvalue weighted by Crippen LogP contribution is 2.40. The van der Waals surface area contributed by atoms with E-state index in [-0.39, 0.29) is 18.9 Å². The van der Waals surface area contributed by atoms with E-state index in [0.29, 0.717) is 32.0 Å². The second-order valence-corrected chi connectivity index (χ2v) is 6.61. The van der Waals surface area contributed by atoms with Gasteiger partial charge < -0.3 is 19.3 Å². The number of thioether (sulfide) groups is 1. The van der Waals surface area contributed by atoms with Crippen LogP contribution in [0, 0.1) is 0 Å². The zero-order valence-electron chi connectivity index (χ0n) is 13.9. The molecule has 0 atom stereocenters. The topological polar surface area (TPSA) is 85.3 Å². The van der Waals surface area contributed by atoms with E-state index in [2.05, 4.69) is 0 Å². The Balaban J connectivity index is 2.32. The fourth-order valence-corrected chi connectivity index (χ4v) is 3.54. The van der Waals surface area contributed by atoms with Crippen molar-refractivity contribution in [2.75, 3.05) is 27.9 Å². The molecule has 25 heavy (non-hydrogen) atoms. The predicted octanol–water partition coefficient (Wildman–Crippen LogP) is 2.39. The SMILES string of the molecule is COc1cc(/C=C2/SC(=S)N(CCC(=O)O)C2=O)cc(OC)c1OC. The number of methoxy groups -OCH3 is 3.